The molecule has 0 aromatic heterocycles. The fourth-order valence-corrected chi connectivity index (χ4v) is 10.4. The molecule has 5 aliphatic heterocycles. The third-order valence-corrected chi connectivity index (χ3v) is 13.4. The first kappa shape index (κ1) is 35.6. The normalized spacial score (nSPS) is 23.9. The first-order chi connectivity index (χ1) is 27.6. The van der Waals surface area contributed by atoms with Crippen molar-refractivity contribution in [3.05, 3.63) is 129 Å². The van der Waals surface area contributed by atoms with Crippen LogP contribution in [0.1, 0.15) is 85.2 Å². The average Bonchev–Trinajstić information content (AvgIpc) is 3.28. The van der Waals surface area contributed by atoms with Gasteiger partial charge >= 0.3 is 0 Å². The third-order valence-electron chi connectivity index (χ3n) is 13.4. The maximum absolute atomic E-state index is 13.5. The van der Waals surface area contributed by atoms with Gasteiger partial charge in [-0.05, 0) is 108 Å². The van der Waals surface area contributed by atoms with Gasteiger partial charge < -0.3 is 14.9 Å². The molecule has 3 saturated heterocycles. The molecule has 3 atom stereocenters. The van der Waals surface area contributed by atoms with Crippen LogP contribution in [-0.4, -0.2) is 101 Å². The van der Waals surface area contributed by atoms with E-state index in [4.69, 9.17) is 0 Å². The number of phenolic OH excluding ortho intramolecular Hbond substituents is 1. The van der Waals surface area contributed by atoms with E-state index in [2.05, 4.69) is 75.8 Å². The van der Waals surface area contributed by atoms with Crippen LogP contribution in [0.3, 0.4) is 0 Å². The van der Waals surface area contributed by atoms with Crippen LogP contribution in [0.4, 0.5) is 5.69 Å². The lowest BCUT2D eigenvalue weighted by Gasteiger charge is -2.61. The van der Waals surface area contributed by atoms with Crippen LogP contribution >= 0.6 is 0 Å². The van der Waals surface area contributed by atoms with Gasteiger partial charge in [-0.15, -0.1) is 0 Å². The summed E-state index contributed by atoms with van der Waals surface area (Å²) < 4.78 is 0. The first-order valence-electron chi connectivity index (χ1n) is 20.2. The number of likely N-dealkylation sites (tertiary alicyclic amines) is 1. The average molecular weight is 764 g/mol. The highest BCUT2D eigenvalue weighted by Gasteiger charge is 2.53. The van der Waals surface area contributed by atoms with Gasteiger partial charge in [0, 0.05) is 62.7 Å². The number of rotatable bonds is 6. The molecule has 5 heterocycles. The van der Waals surface area contributed by atoms with Crippen molar-refractivity contribution in [3.8, 4) is 5.75 Å². The third kappa shape index (κ3) is 6.19. The Balaban J connectivity index is 0.737. The van der Waals surface area contributed by atoms with Gasteiger partial charge in [-0.25, -0.2) is 0 Å². The van der Waals surface area contributed by atoms with Gasteiger partial charge in [0.15, 0.2) is 0 Å². The van der Waals surface area contributed by atoms with E-state index in [1.54, 1.807) is 12.1 Å². The van der Waals surface area contributed by atoms with Crippen LogP contribution in [0, 0.1) is 5.41 Å². The summed E-state index contributed by atoms with van der Waals surface area (Å²) in [6.07, 6.45) is 3.49. The van der Waals surface area contributed by atoms with Crippen molar-refractivity contribution >= 4 is 35.2 Å². The zero-order chi connectivity index (χ0) is 39.0. The van der Waals surface area contributed by atoms with E-state index < -0.39 is 29.7 Å². The Morgan fingerprint density at radius 2 is 1.40 bits per heavy atom. The van der Waals surface area contributed by atoms with E-state index in [0.717, 1.165) is 55.0 Å². The van der Waals surface area contributed by atoms with Crippen molar-refractivity contribution in [1.29, 1.82) is 0 Å². The number of imide groups is 2. The van der Waals surface area contributed by atoms with Crippen molar-refractivity contribution in [3.63, 3.8) is 0 Å². The monoisotopic (exact) mass is 763 g/mol. The van der Waals surface area contributed by atoms with Gasteiger partial charge in [0.2, 0.25) is 17.7 Å². The van der Waals surface area contributed by atoms with Crippen molar-refractivity contribution in [2.45, 2.75) is 56.4 Å². The summed E-state index contributed by atoms with van der Waals surface area (Å²) in [5, 5.41) is 12.5. The first-order valence-corrected chi connectivity index (χ1v) is 20.2. The van der Waals surface area contributed by atoms with Gasteiger partial charge in [-0.1, -0.05) is 48.5 Å². The summed E-state index contributed by atoms with van der Waals surface area (Å²) in [6, 6.07) is 28.3. The number of piperidine rings is 1. The largest absolute Gasteiger partial charge is 0.508 e. The van der Waals surface area contributed by atoms with Gasteiger partial charge in [0.1, 0.15) is 11.8 Å². The maximum atomic E-state index is 13.5. The quantitative estimate of drug-likeness (QED) is 0.277. The maximum Gasteiger partial charge on any atom is 0.262 e. The standard InChI is InChI=1S/C46H45N5O6/c52-34-11-13-36-32(20-34)8-12-35(28-4-2-1-3-5-28)42(36)29-6-9-33(10-7-29)49-24-46(25-49)26-50(27-46)41(54)23-48-18-16-30-21-37-38(22-31(30)17-19-48)45(57)51(44(37)56)39-14-15-40(53)47-43(39)55/h1-7,9-11,13,20-22,35,39,42,52H,8,12,14-19,23-27H2,(H,47,53,55)/t35-,39?,42+/m1/s1. The summed E-state index contributed by atoms with van der Waals surface area (Å²) >= 11 is 0. The summed E-state index contributed by atoms with van der Waals surface area (Å²) in [5.74, 6) is -0.963. The molecular formula is C46H45N5O6. The van der Waals surface area contributed by atoms with Crippen molar-refractivity contribution in [1.82, 2.24) is 20.0 Å². The smallest absolute Gasteiger partial charge is 0.262 e. The SMILES string of the molecule is O=C1CCC(N2C(=O)c3cc4c(cc3C2=O)CCN(CC(=O)N2CC3(C2)CN(c2ccc([C@@H]5c6ccc(O)cc6CC[C@@H]5c5ccccc5)cc2)C3)CC4)C(=O)N1. The molecule has 6 aliphatic rings. The summed E-state index contributed by atoms with van der Waals surface area (Å²) in [4.78, 5) is 71.9. The Morgan fingerprint density at radius 1 is 0.719 bits per heavy atom. The number of nitrogens with zero attached hydrogens (tertiary/aromatic N) is 4. The van der Waals surface area contributed by atoms with Crippen LogP contribution < -0.4 is 10.2 Å². The number of carbonyl (C=O) groups is 5. The van der Waals surface area contributed by atoms with Gasteiger partial charge in [0.25, 0.3) is 11.8 Å². The zero-order valence-electron chi connectivity index (χ0n) is 31.8. The van der Waals surface area contributed by atoms with E-state index in [-0.39, 0.29) is 30.1 Å². The fraction of sp³-hybridized carbons (Fsp3) is 0.370. The number of carbonyl (C=O) groups excluding carboxylic acids is 5. The molecule has 10 rings (SSSR count). The molecule has 11 nitrogen and oxygen atoms in total. The molecule has 5 amide bonds. The lowest BCUT2D eigenvalue weighted by Crippen LogP contribution is -2.73. The molecule has 0 bridgehead atoms. The number of phenols is 1. The molecule has 0 saturated carbocycles. The van der Waals surface area contributed by atoms with Gasteiger partial charge in [-0.2, -0.15) is 0 Å². The minimum absolute atomic E-state index is 0.0854. The predicted octanol–water partition coefficient (Wildman–Crippen LogP) is 4.40. The van der Waals surface area contributed by atoms with Crippen LogP contribution in [0.15, 0.2) is 84.9 Å². The molecule has 1 aliphatic carbocycles. The molecule has 0 radical (unpaired) electrons. The van der Waals surface area contributed by atoms with E-state index in [9.17, 15) is 29.1 Å². The molecule has 2 N–H and O–H groups in total. The highest BCUT2D eigenvalue weighted by atomic mass is 16.3. The Morgan fingerprint density at radius 3 is 2.07 bits per heavy atom. The molecule has 1 unspecified atom stereocenters. The Labute approximate surface area is 331 Å². The van der Waals surface area contributed by atoms with Crippen LogP contribution in [-0.2, 0) is 33.6 Å². The van der Waals surface area contributed by atoms with Crippen molar-refractivity contribution in [2.75, 3.05) is 50.7 Å². The number of benzene rings is 4. The second-order valence-corrected chi connectivity index (χ2v) is 17.0. The summed E-state index contributed by atoms with van der Waals surface area (Å²) in [5.41, 5.74) is 9.07. The van der Waals surface area contributed by atoms with E-state index in [1.807, 2.05) is 17.0 Å². The molecule has 1 spiro atoms. The van der Waals surface area contributed by atoms with Gasteiger partial charge in [0.05, 0.1) is 17.7 Å². The summed E-state index contributed by atoms with van der Waals surface area (Å²) in [7, 11) is 0. The lowest BCUT2D eigenvalue weighted by molar-refractivity contribution is -0.146. The Hall–Kier alpha value is -5.81. The number of nitrogens with one attached hydrogen (secondary N) is 1. The number of fused-ring (bicyclic) bond motifs is 3. The van der Waals surface area contributed by atoms with Crippen molar-refractivity contribution in [2.24, 2.45) is 5.41 Å². The number of hydrogen-bond acceptors (Lipinski definition) is 8. The highest BCUT2D eigenvalue weighted by Crippen LogP contribution is 2.48. The Kier molecular flexibility index (Phi) is 8.55. The van der Waals surface area contributed by atoms with E-state index in [0.29, 0.717) is 55.3 Å². The molecule has 290 valence electrons. The Bertz CT molecular complexity index is 2280. The topological polar surface area (TPSA) is 131 Å². The fourth-order valence-electron chi connectivity index (χ4n) is 10.4. The van der Waals surface area contributed by atoms with E-state index >= 15 is 0 Å². The molecular weight excluding hydrogens is 719 g/mol. The second kappa shape index (κ2) is 13.7. The minimum atomic E-state index is -0.983. The highest BCUT2D eigenvalue weighted by molar-refractivity contribution is 6.23. The van der Waals surface area contributed by atoms with Crippen molar-refractivity contribution < 1.29 is 29.1 Å². The van der Waals surface area contributed by atoms with E-state index in [1.165, 1.54) is 27.9 Å². The number of aryl methyl sites for hydroxylation is 1. The number of aromatic hydroxyl groups is 1. The number of amides is 5. The van der Waals surface area contributed by atoms with Gasteiger partial charge in [-0.3, -0.25) is 39.1 Å². The molecule has 3 fully saturated rings. The van der Waals surface area contributed by atoms with Crippen LogP contribution in [0.2, 0.25) is 0 Å². The van der Waals surface area contributed by atoms with Crippen LogP contribution in [0.5, 0.6) is 5.75 Å². The predicted molar refractivity (Wildman–Crippen MR) is 212 cm³/mol. The number of anilines is 1. The molecule has 4 aromatic rings. The number of hydrogen-bond donors (Lipinski definition) is 2. The second-order valence-electron chi connectivity index (χ2n) is 17.0. The zero-order valence-corrected chi connectivity index (χ0v) is 31.8. The summed E-state index contributed by atoms with van der Waals surface area (Å²) in [6.45, 7) is 5.05. The lowest BCUT2D eigenvalue weighted by atomic mass is 9.69. The molecule has 57 heavy (non-hydrogen) atoms. The van der Waals surface area contributed by atoms with Crippen LogP contribution in [0.25, 0.3) is 0 Å². The molecule has 11 heteroatoms. The minimum Gasteiger partial charge on any atom is -0.508 e. The molecule has 4 aromatic carbocycles.